The molecule has 0 aliphatic carbocycles. The van der Waals surface area contributed by atoms with Crippen molar-refractivity contribution in [2.75, 3.05) is 0 Å². The molecular formula is C8H3F7O2. The quantitative estimate of drug-likeness (QED) is 0.778. The van der Waals surface area contributed by atoms with Crippen molar-refractivity contribution in [3.8, 4) is 11.5 Å². The molecule has 0 bridgehead atoms. The van der Waals surface area contributed by atoms with Crippen LogP contribution in [-0.4, -0.2) is 13.0 Å². The first-order valence-electron chi connectivity index (χ1n) is 3.89. The van der Waals surface area contributed by atoms with E-state index >= 15 is 0 Å². The molecule has 17 heavy (non-hydrogen) atoms. The van der Waals surface area contributed by atoms with Gasteiger partial charge in [0.15, 0.2) is 11.6 Å². The van der Waals surface area contributed by atoms with Crippen LogP contribution < -0.4 is 9.47 Å². The SMILES string of the molecule is Fc1ccc(F)c(OC(F)(F)F)c1OC(F)F. The summed E-state index contributed by atoms with van der Waals surface area (Å²) < 4.78 is 91.3. The molecule has 0 saturated carbocycles. The molecule has 9 heteroatoms. The Morgan fingerprint density at radius 1 is 0.941 bits per heavy atom. The van der Waals surface area contributed by atoms with E-state index in [0.717, 1.165) is 0 Å². The van der Waals surface area contributed by atoms with Crippen LogP contribution in [0.2, 0.25) is 0 Å². The predicted octanol–water partition coefficient (Wildman–Crippen LogP) is 3.46. The molecular weight excluding hydrogens is 261 g/mol. The van der Waals surface area contributed by atoms with Gasteiger partial charge in [0.2, 0.25) is 11.5 Å². The van der Waals surface area contributed by atoms with Gasteiger partial charge in [0.1, 0.15) is 0 Å². The molecule has 1 aromatic rings. The van der Waals surface area contributed by atoms with Crippen LogP contribution >= 0.6 is 0 Å². The van der Waals surface area contributed by atoms with Gasteiger partial charge in [-0.25, -0.2) is 8.78 Å². The zero-order valence-corrected chi connectivity index (χ0v) is 7.69. The standard InChI is InChI=1S/C8H3F7O2/c9-3-1-2-4(10)6(17-8(13,14)15)5(3)16-7(11)12/h1-2,7H. The first-order valence-corrected chi connectivity index (χ1v) is 3.89. The molecule has 0 atom stereocenters. The number of rotatable bonds is 3. The molecule has 0 fully saturated rings. The number of ether oxygens (including phenoxy) is 2. The Labute approximate surface area is 89.5 Å². The van der Waals surface area contributed by atoms with E-state index in [9.17, 15) is 30.7 Å². The molecule has 0 amide bonds. The van der Waals surface area contributed by atoms with Crippen molar-refractivity contribution in [2.45, 2.75) is 13.0 Å². The summed E-state index contributed by atoms with van der Waals surface area (Å²) in [7, 11) is 0. The lowest BCUT2D eigenvalue weighted by Crippen LogP contribution is -2.19. The van der Waals surface area contributed by atoms with E-state index in [1.807, 2.05) is 0 Å². The molecule has 96 valence electrons. The van der Waals surface area contributed by atoms with Gasteiger partial charge in [-0.15, -0.1) is 13.2 Å². The van der Waals surface area contributed by atoms with Crippen molar-refractivity contribution in [1.29, 1.82) is 0 Å². The highest BCUT2D eigenvalue weighted by Crippen LogP contribution is 2.37. The second kappa shape index (κ2) is 4.68. The highest BCUT2D eigenvalue weighted by molar-refractivity contribution is 5.42. The van der Waals surface area contributed by atoms with Gasteiger partial charge < -0.3 is 9.47 Å². The second-order valence-corrected chi connectivity index (χ2v) is 2.61. The third-order valence-electron chi connectivity index (χ3n) is 1.44. The van der Waals surface area contributed by atoms with Gasteiger partial charge in [-0.3, -0.25) is 0 Å². The van der Waals surface area contributed by atoms with Gasteiger partial charge >= 0.3 is 13.0 Å². The lowest BCUT2D eigenvalue weighted by molar-refractivity contribution is -0.276. The minimum atomic E-state index is -5.37. The van der Waals surface area contributed by atoms with Gasteiger partial charge in [-0.2, -0.15) is 8.78 Å². The number of benzene rings is 1. The van der Waals surface area contributed by atoms with E-state index in [4.69, 9.17) is 0 Å². The van der Waals surface area contributed by atoms with Gasteiger partial charge in [-0.1, -0.05) is 0 Å². The number of hydrogen-bond donors (Lipinski definition) is 0. The molecule has 0 N–H and O–H groups in total. The Morgan fingerprint density at radius 3 is 1.82 bits per heavy atom. The molecule has 1 aromatic carbocycles. The maximum absolute atomic E-state index is 12.9. The van der Waals surface area contributed by atoms with Crippen LogP contribution in [0.25, 0.3) is 0 Å². The molecule has 0 saturated heterocycles. The molecule has 0 unspecified atom stereocenters. The summed E-state index contributed by atoms with van der Waals surface area (Å²) in [6.45, 7) is -3.62. The van der Waals surface area contributed by atoms with Crippen LogP contribution in [0.3, 0.4) is 0 Å². The summed E-state index contributed by atoms with van der Waals surface area (Å²) in [4.78, 5) is 0. The van der Waals surface area contributed by atoms with Crippen molar-refractivity contribution >= 4 is 0 Å². The van der Waals surface area contributed by atoms with E-state index in [1.165, 1.54) is 0 Å². The summed E-state index contributed by atoms with van der Waals surface area (Å²) in [6.07, 6.45) is -5.37. The topological polar surface area (TPSA) is 18.5 Å². The normalized spacial score (nSPS) is 11.8. The molecule has 0 radical (unpaired) electrons. The maximum Gasteiger partial charge on any atom is 0.573 e. The van der Waals surface area contributed by atoms with E-state index in [1.54, 1.807) is 0 Å². The predicted molar refractivity (Wildman–Crippen MR) is 39.7 cm³/mol. The smallest absolute Gasteiger partial charge is 0.428 e. The highest BCUT2D eigenvalue weighted by Gasteiger charge is 2.35. The Kier molecular flexibility index (Phi) is 3.69. The summed E-state index contributed by atoms with van der Waals surface area (Å²) >= 11 is 0. The molecule has 0 spiro atoms. The van der Waals surface area contributed by atoms with Crippen molar-refractivity contribution < 1.29 is 40.2 Å². The molecule has 0 aliphatic rings. The average molecular weight is 264 g/mol. The van der Waals surface area contributed by atoms with Crippen molar-refractivity contribution in [3.63, 3.8) is 0 Å². The van der Waals surface area contributed by atoms with Crippen molar-refractivity contribution in [1.82, 2.24) is 0 Å². The number of hydrogen-bond acceptors (Lipinski definition) is 2. The molecule has 1 rings (SSSR count). The second-order valence-electron chi connectivity index (χ2n) is 2.61. The fraction of sp³-hybridized carbons (Fsp3) is 0.250. The first-order chi connectivity index (χ1) is 7.70. The maximum atomic E-state index is 12.9. The Bertz CT molecular complexity index is 402. The summed E-state index contributed by atoms with van der Waals surface area (Å²) in [5.41, 5.74) is 0. The molecule has 0 aliphatic heterocycles. The minimum absolute atomic E-state index is 0.286. The zero-order chi connectivity index (χ0) is 13.2. The Balaban J connectivity index is 3.20. The van der Waals surface area contributed by atoms with Crippen LogP contribution in [0.15, 0.2) is 12.1 Å². The van der Waals surface area contributed by atoms with Crippen LogP contribution in [-0.2, 0) is 0 Å². The van der Waals surface area contributed by atoms with Crippen LogP contribution in [0, 0.1) is 11.6 Å². The van der Waals surface area contributed by atoms with Crippen molar-refractivity contribution in [2.24, 2.45) is 0 Å². The van der Waals surface area contributed by atoms with Gasteiger partial charge in [0, 0.05) is 0 Å². The average Bonchev–Trinajstić information content (AvgIpc) is 2.15. The third kappa shape index (κ3) is 3.68. The van der Waals surface area contributed by atoms with Gasteiger partial charge in [-0.05, 0) is 12.1 Å². The third-order valence-corrected chi connectivity index (χ3v) is 1.44. The summed E-state index contributed by atoms with van der Waals surface area (Å²) in [5.74, 6) is -6.71. The van der Waals surface area contributed by atoms with Crippen LogP contribution in [0.1, 0.15) is 0 Å². The minimum Gasteiger partial charge on any atom is -0.428 e. The van der Waals surface area contributed by atoms with Gasteiger partial charge in [0.25, 0.3) is 0 Å². The highest BCUT2D eigenvalue weighted by atomic mass is 19.4. The largest absolute Gasteiger partial charge is 0.573 e. The van der Waals surface area contributed by atoms with Crippen molar-refractivity contribution in [3.05, 3.63) is 23.8 Å². The van der Waals surface area contributed by atoms with E-state index < -0.39 is 36.1 Å². The lowest BCUT2D eigenvalue weighted by Gasteiger charge is -2.14. The molecule has 0 aromatic heterocycles. The van der Waals surface area contributed by atoms with Gasteiger partial charge in [0.05, 0.1) is 0 Å². The summed E-state index contributed by atoms with van der Waals surface area (Å²) in [5, 5.41) is 0. The van der Waals surface area contributed by atoms with E-state index in [-0.39, 0.29) is 6.07 Å². The number of alkyl halides is 5. The van der Waals surface area contributed by atoms with E-state index in [2.05, 4.69) is 9.47 Å². The van der Waals surface area contributed by atoms with E-state index in [0.29, 0.717) is 6.07 Å². The van der Waals surface area contributed by atoms with Crippen LogP contribution in [0.5, 0.6) is 11.5 Å². The zero-order valence-electron chi connectivity index (χ0n) is 7.69. The van der Waals surface area contributed by atoms with Crippen LogP contribution in [0.4, 0.5) is 30.7 Å². The summed E-state index contributed by atoms with van der Waals surface area (Å²) in [6, 6.07) is 0.616. The fourth-order valence-corrected chi connectivity index (χ4v) is 0.924. The fourth-order valence-electron chi connectivity index (χ4n) is 0.924. The number of halogens is 7. The molecule has 2 nitrogen and oxygen atoms in total. The lowest BCUT2D eigenvalue weighted by atomic mass is 10.3. The Morgan fingerprint density at radius 2 is 1.41 bits per heavy atom. The first kappa shape index (κ1) is 13.4. The molecule has 0 heterocycles. The Hall–Kier alpha value is -1.67. The monoisotopic (exact) mass is 264 g/mol.